The molecule has 0 atom stereocenters. The van der Waals surface area contributed by atoms with Crippen LogP contribution in [0.2, 0.25) is 10.0 Å². The number of nitrogens with two attached hydrogens (primary N) is 1. The van der Waals surface area contributed by atoms with Crippen LogP contribution in [0.5, 0.6) is 23.0 Å². The average molecular weight is 670 g/mol. The molecule has 2 aromatic carbocycles. The maximum Gasteiger partial charge on any atom is 0.271 e. The SMILES string of the molecule is CC(C)(C)NC(=O)c1ccc(Oc2ccc(N)cc2Cl)cn1.CC(C)(C)NC(=O)c1ccc(Oc2ccc([N+](=O)[O-])cc2Cl)cn1. The number of nitrogen functional groups attached to an aromatic ring is 1. The van der Waals surface area contributed by atoms with Crippen LogP contribution < -0.4 is 25.8 Å². The van der Waals surface area contributed by atoms with Gasteiger partial charge >= 0.3 is 0 Å². The molecule has 0 fully saturated rings. The zero-order valence-electron chi connectivity index (χ0n) is 26.1. The van der Waals surface area contributed by atoms with Gasteiger partial charge in [0.1, 0.15) is 34.4 Å². The molecule has 4 aromatic rings. The highest BCUT2D eigenvalue weighted by molar-refractivity contribution is 6.32. The molecule has 4 rings (SSSR count). The first-order chi connectivity index (χ1) is 21.4. The van der Waals surface area contributed by atoms with Crippen molar-refractivity contribution < 1.29 is 24.0 Å². The van der Waals surface area contributed by atoms with Gasteiger partial charge in [0.15, 0.2) is 0 Å². The first-order valence-electron chi connectivity index (χ1n) is 13.8. The van der Waals surface area contributed by atoms with Gasteiger partial charge < -0.3 is 25.8 Å². The van der Waals surface area contributed by atoms with Crippen molar-refractivity contribution in [3.8, 4) is 23.0 Å². The molecule has 2 amide bonds. The van der Waals surface area contributed by atoms with E-state index in [4.69, 9.17) is 38.4 Å². The monoisotopic (exact) mass is 668 g/mol. The lowest BCUT2D eigenvalue weighted by Gasteiger charge is -2.20. The van der Waals surface area contributed by atoms with Crippen LogP contribution >= 0.6 is 23.2 Å². The molecule has 0 saturated carbocycles. The van der Waals surface area contributed by atoms with Gasteiger partial charge in [-0.05, 0) is 90.1 Å². The molecule has 0 saturated heterocycles. The third kappa shape index (κ3) is 11.2. The van der Waals surface area contributed by atoms with Crippen LogP contribution in [0.15, 0.2) is 73.1 Å². The molecule has 4 N–H and O–H groups in total. The Hall–Kier alpha value is -4.94. The molecule has 12 nitrogen and oxygen atoms in total. The van der Waals surface area contributed by atoms with Crippen LogP contribution in [-0.4, -0.2) is 37.8 Å². The maximum absolute atomic E-state index is 12.0. The number of aromatic nitrogens is 2. The summed E-state index contributed by atoms with van der Waals surface area (Å²) >= 11 is 12.0. The number of rotatable bonds is 7. The zero-order valence-corrected chi connectivity index (χ0v) is 27.6. The second-order valence-electron chi connectivity index (χ2n) is 11.9. The standard InChI is InChI=1S/C16H16ClN3O4.C16H18ClN3O2/c1-16(2,3)19-15(21)13-6-5-11(9-18-13)24-14-7-4-10(20(22)23)8-12(14)17;1-16(2,3)20-15(21)13-6-5-11(9-19-13)22-14-7-4-10(18)8-12(14)17/h4-9H,1-3H3,(H,19,21);4-9H,18H2,1-3H3,(H,20,21). The highest BCUT2D eigenvalue weighted by Crippen LogP contribution is 2.32. The van der Waals surface area contributed by atoms with E-state index in [1.165, 1.54) is 36.7 Å². The summed E-state index contributed by atoms with van der Waals surface area (Å²) in [5.41, 5.74) is 5.97. The normalized spacial score (nSPS) is 11.0. The fraction of sp³-hybridized carbons (Fsp3) is 0.250. The van der Waals surface area contributed by atoms with E-state index >= 15 is 0 Å². The molecule has 14 heteroatoms. The number of nitro benzene ring substituents is 1. The number of carbonyl (C=O) groups excluding carboxylic acids is 2. The smallest absolute Gasteiger partial charge is 0.271 e. The number of hydrogen-bond donors (Lipinski definition) is 3. The first kappa shape index (κ1) is 35.5. The zero-order chi connectivity index (χ0) is 34.2. The Morgan fingerprint density at radius 2 is 1.17 bits per heavy atom. The number of benzene rings is 2. The number of carbonyl (C=O) groups is 2. The fourth-order valence-electron chi connectivity index (χ4n) is 3.50. The van der Waals surface area contributed by atoms with E-state index < -0.39 is 4.92 Å². The number of amides is 2. The molecule has 0 aliphatic heterocycles. The van der Waals surface area contributed by atoms with E-state index in [2.05, 4.69) is 20.6 Å². The number of halogens is 2. The summed E-state index contributed by atoms with van der Waals surface area (Å²) in [7, 11) is 0. The van der Waals surface area contributed by atoms with Gasteiger partial charge in [-0.25, -0.2) is 9.97 Å². The predicted octanol–water partition coefficient (Wildman–Crippen LogP) is 7.60. The molecular formula is C32H34Cl2N6O6. The largest absolute Gasteiger partial charge is 0.454 e. The topological polar surface area (TPSA) is 172 Å². The lowest BCUT2D eigenvalue weighted by atomic mass is 10.1. The number of non-ortho nitro benzene ring substituents is 1. The van der Waals surface area contributed by atoms with E-state index in [1.807, 2.05) is 41.5 Å². The summed E-state index contributed by atoms with van der Waals surface area (Å²) < 4.78 is 11.1. The second kappa shape index (κ2) is 14.9. The van der Waals surface area contributed by atoms with Crippen molar-refractivity contribution in [3.05, 3.63) is 105 Å². The Balaban J connectivity index is 0.000000251. The molecule has 0 bridgehead atoms. The number of nitro groups is 1. The number of hydrogen-bond acceptors (Lipinski definition) is 9. The van der Waals surface area contributed by atoms with Gasteiger partial charge in [0.2, 0.25) is 0 Å². The maximum atomic E-state index is 12.0. The van der Waals surface area contributed by atoms with Gasteiger partial charge in [0.05, 0.1) is 27.4 Å². The van der Waals surface area contributed by atoms with E-state index in [-0.39, 0.29) is 45.0 Å². The van der Waals surface area contributed by atoms with Crippen molar-refractivity contribution in [2.24, 2.45) is 0 Å². The van der Waals surface area contributed by atoms with Crippen LogP contribution in [0, 0.1) is 10.1 Å². The van der Waals surface area contributed by atoms with Crippen LogP contribution in [-0.2, 0) is 0 Å². The van der Waals surface area contributed by atoms with Crippen molar-refractivity contribution in [2.45, 2.75) is 52.6 Å². The fourth-order valence-corrected chi connectivity index (χ4v) is 3.94. The molecule has 0 aliphatic rings. The van der Waals surface area contributed by atoms with Crippen LogP contribution in [0.4, 0.5) is 11.4 Å². The van der Waals surface area contributed by atoms with E-state index in [9.17, 15) is 19.7 Å². The summed E-state index contributed by atoms with van der Waals surface area (Å²) in [6, 6.07) is 15.2. The first-order valence-corrected chi connectivity index (χ1v) is 14.6. The third-order valence-corrected chi connectivity index (χ3v) is 6.04. The Bertz CT molecular complexity index is 1700. The number of ether oxygens (including phenoxy) is 2. The molecule has 0 aliphatic carbocycles. The predicted molar refractivity (Wildman–Crippen MR) is 177 cm³/mol. The van der Waals surface area contributed by atoms with Crippen molar-refractivity contribution >= 4 is 46.4 Å². The molecule has 0 unspecified atom stereocenters. The summed E-state index contributed by atoms with van der Waals surface area (Å²) in [6.45, 7) is 11.3. The quantitative estimate of drug-likeness (QED) is 0.102. The molecule has 0 spiro atoms. The second-order valence-corrected chi connectivity index (χ2v) is 12.7. The van der Waals surface area contributed by atoms with E-state index in [1.54, 1.807) is 36.4 Å². The molecule has 242 valence electrons. The molecule has 2 aromatic heterocycles. The van der Waals surface area contributed by atoms with E-state index in [0.29, 0.717) is 33.7 Å². The van der Waals surface area contributed by atoms with Gasteiger partial charge in [-0.3, -0.25) is 19.7 Å². The number of anilines is 1. The highest BCUT2D eigenvalue weighted by Gasteiger charge is 2.18. The lowest BCUT2D eigenvalue weighted by molar-refractivity contribution is -0.384. The molecular weight excluding hydrogens is 635 g/mol. The summed E-state index contributed by atoms with van der Waals surface area (Å²) in [4.78, 5) is 42.2. The Morgan fingerprint density at radius 1 is 0.739 bits per heavy atom. The highest BCUT2D eigenvalue weighted by atomic mass is 35.5. The van der Waals surface area contributed by atoms with Gasteiger partial charge in [0.25, 0.3) is 17.5 Å². The van der Waals surface area contributed by atoms with Gasteiger partial charge in [-0.2, -0.15) is 0 Å². The van der Waals surface area contributed by atoms with Crippen LogP contribution in [0.3, 0.4) is 0 Å². The van der Waals surface area contributed by atoms with Crippen LogP contribution in [0.1, 0.15) is 62.5 Å². The minimum absolute atomic E-state index is 0.110. The molecule has 2 heterocycles. The third-order valence-electron chi connectivity index (χ3n) is 5.45. The van der Waals surface area contributed by atoms with Crippen LogP contribution in [0.25, 0.3) is 0 Å². The Labute approximate surface area is 276 Å². The van der Waals surface area contributed by atoms with Gasteiger partial charge in [0, 0.05) is 28.9 Å². The number of nitrogens with one attached hydrogen (secondary N) is 2. The lowest BCUT2D eigenvalue weighted by Crippen LogP contribution is -2.40. The van der Waals surface area contributed by atoms with Gasteiger partial charge in [-0.1, -0.05) is 23.2 Å². The van der Waals surface area contributed by atoms with Crippen molar-refractivity contribution in [3.63, 3.8) is 0 Å². The summed E-state index contributed by atoms with van der Waals surface area (Å²) in [6.07, 6.45) is 2.86. The van der Waals surface area contributed by atoms with Crippen molar-refractivity contribution in [2.75, 3.05) is 5.73 Å². The minimum Gasteiger partial charge on any atom is -0.454 e. The average Bonchev–Trinajstić information content (AvgIpc) is 2.95. The van der Waals surface area contributed by atoms with Crippen molar-refractivity contribution in [1.29, 1.82) is 0 Å². The molecule has 0 radical (unpaired) electrons. The Morgan fingerprint density at radius 3 is 1.52 bits per heavy atom. The summed E-state index contributed by atoms with van der Waals surface area (Å²) in [5.74, 6) is 1.06. The number of nitrogens with zero attached hydrogens (tertiary/aromatic N) is 3. The minimum atomic E-state index is -0.542. The van der Waals surface area contributed by atoms with Gasteiger partial charge in [-0.15, -0.1) is 0 Å². The summed E-state index contributed by atoms with van der Waals surface area (Å²) in [5, 5.41) is 16.8. The van der Waals surface area contributed by atoms with Crippen molar-refractivity contribution in [1.82, 2.24) is 20.6 Å². The molecule has 46 heavy (non-hydrogen) atoms. The Kier molecular flexibility index (Phi) is 11.5. The number of pyridine rings is 2. The van der Waals surface area contributed by atoms with E-state index in [0.717, 1.165) is 0 Å².